The number of aromatic nitrogens is 2. The van der Waals surface area contributed by atoms with Gasteiger partial charge in [0.15, 0.2) is 0 Å². The maximum absolute atomic E-state index is 4.40. The fraction of sp³-hybridized carbons (Fsp3) is 0.864. The van der Waals surface area contributed by atoms with Crippen molar-refractivity contribution in [1.82, 2.24) is 9.55 Å². The van der Waals surface area contributed by atoms with Crippen LogP contribution in [-0.4, -0.2) is 9.55 Å². The summed E-state index contributed by atoms with van der Waals surface area (Å²) < 4.78 is 2.47. The standard InChI is InChI=1S/C22H36N2/c1-19(2,3)16-12-17(24-11-10-23-14-24)22-13-15(22)8-9-21(22,7)18(16)20(4,5)6/h10-11,14-18H,8-9,12-13H2,1-7H3/t15-,16?,17+,18?,21+,22?/m0/s1. The van der Waals surface area contributed by atoms with E-state index in [9.17, 15) is 0 Å². The van der Waals surface area contributed by atoms with Gasteiger partial charge in [0.25, 0.3) is 0 Å². The first-order valence-electron chi connectivity index (χ1n) is 9.99. The van der Waals surface area contributed by atoms with Crippen LogP contribution in [0.1, 0.15) is 80.2 Å². The zero-order valence-electron chi connectivity index (χ0n) is 16.8. The average Bonchev–Trinajstić information content (AvgIpc) is 2.79. The highest BCUT2D eigenvalue weighted by atomic mass is 15.1. The van der Waals surface area contributed by atoms with E-state index in [0.717, 1.165) is 17.8 Å². The van der Waals surface area contributed by atoms with E-state index in [1.807, 2.05) is 6.20 Å². The molecule has 1 spiro atoms. The quantitative estimate of drug-likeness (QED) is 0.622. The van der Waals surface area contributed by atoms with Crippen molar-refractivity contribution in [3.05, 3.63) is 18.7 Å². The molecule has 3 aliphatic rings. The van der Waals surface area contributed by atoms with Crippen LogP contribution in [0.2, 0.25) is 0 Å². The van der Waals surface area contributed by atoms with E-state index < -0.39 is 0 Å². The summed E-state index contributed by atoms with van der Waals surface area (Å²) in [6.45, 7) is 17.6. The van der Waals surface area contributed by atoms with Gasteiger partial charge in [0, 0.05) is 18.4 Å². The van der Waals surface area contributed by atoms with Crippen LogP contribution in [0, 0.1) is 39.4 Å². The third-order valence-electron chi connectivity index (χ3n) is 8.32. The minimum absolute atomic E-state index is 0.356. The van der Waals surface area contributed by atoms with E-state index in [1.165, 1.54) is 25.7 Å². The lowest BCUT2D eigenvalue weighted by Crippen LogP contribution is -2.55. The summed E-state index contributed by atoms with van der Waals surface area (Å²) in [6.07, 6.45) is 11.9. The third kappa shape index (κ3) is 1.98. The van der Waals surface area contributed by atoms with Crippen LogP contribution in [0.3, 0.4) is 0 Å². The molecule has 0 radical (unpaired) electrons. The average molecular weight is 329 g/mol. The van der Waals surface area contributed by atoms with Gasteiger partial charge in [-0.2, -0.15) is 0 Å². The molecule has 3 saturated carbocycles. The SMILES string of the molecule is CC(C)(C)C1C[C@@H](n2ccnc2)C23C[C@@H]2CC[C@]3(C)C1C(C)(C)C. The lowest BCUT2D eigenvalue weighted by Gasteiger charge is -2.61. The van der Waals surface area contributed by atoms with E-state index in [0.29, 0.717) is 27.7 Å². The van der Waals surface area contributed by atoms with Gasteiger partial charge in [0.05, 0.1) is 6.33 Å². The van der Waals surface area contributed by atoms with E-state index in [-0.39, 0.29) is 0 Å². The van der Waals surface area contributed by atoms with E-state index in [4.69, 9.17) is 0 Å². The van der Waals surface area contributed by atoms with Gasteiger partial charge in [-0.3, -0.25) is 0 Å². The molecule has 0 bridgehead atoms. The molecule has 3 aliphatic carbocycles. The zero-order chi connectivity index (χ0) is 17.5. The van der Waals surface area contributed by atoms with Crippen LogP contribution < -0.4 is 0 Å². The van der Waals surface area contributed by atoms with E-state index >= 15 is 0 Å². The van der Waals surface area contributed by atoms with Crippen LogP contribution >= 0.6 is 0 Å². The van der Waals surface area contributed by atoms with Crippen molar-refractivity contribution in [3.63, 3.8) is 0 Å². The molecule has 0 aromatic carbocycles. The molecule has 0 aliphatic heterocycles. The molecule has 1 aromatic rings. The Balaban J connectivity index is 1.86. The molecule has 1 aromatic heterocycles. The summed E-state index contributed by atoms with van der Waals surface area (Å²) in [5, 5.41) is 0. The Morgan fingerprint density at radius 2 is 1.79 bits per heavy atom. The first-order valence-corrected chi connectivity index (χ1v) is 9.99. The fourth-order valence-electron chi connectivity index (χ4n) is 7.63. The molecule has 24 heavy (non-hydrogen) atoms. The van der Waals surface area contributed by atoms with Crippen LogP contribution in [0.15, 0.2) is 18.7 Å². The Morgan fingerprint density at radius 3 is 2.29 bits per heavy atom. The minimum Gasteiger partial charge on any atom is -0.334 e. The van der Waals surface area contributed by atoms with Gasteiger partial charge in [-0.15, -0.1) is 0 Å². The first kappa shape index (κ1) is 16.7. The largest absolute Gasteiger partial charge is 0.334 e. The van der Waals surface area contributed by atoms with Crippen molar-refractivity contribution < 1.29 is 0 Å². The van der Waals surface area contributed by atoms with E-state index in [2.05, 4.69) is 70.5 Å². The number of rotatable bonds is 1. The number of hydrogen-bond acceptors (Lipinski definition) is 1. The van der Waals surface area contributed by atoms with Crippen molar-refractivity contribution in [1.29, 1.82) is 0 Å². The van der Waals surface area contributed by atoms with Crippen LogP contribution in [0.5, 0.6) is 0 Å². The molecule has 3 fully saturated rings. The molecule has 0 saturated heterocycles. The topological polar surface area (TPSA) is 17.8 Å². The third-order valence-corrected chi connectivity index (χ3v) is 8.32. The molecule has 1 heterocycles. The second-order valence-corrected chi connectivity index (χ2v) is 11.5. The highest BCUT2D eigenvalue weighted by molar-refractivity contribution is 5.26. The van der Waals surface area contributed by atoms with Gasteiger partial charge in [-0.1, -0.05) is 48.5 Å². The molecule has 134 valence electrons. The van der Waals surface area contributed by atoms with Crippen LogP contribution in [-0.2, 0) is 0 Å². The molecule has 4 rings (SSSR count). The predicted octanol–water partition coefficient (Wildman–Crippen LogP) is 5.96. The summed E-state index contributed by atoms with van der Waals surface area (Å²) in [6, 6.07) is 0.653. The second-order valence-electron chi connectivity index (χ2n) is 11.5. The molecule has 2 nitrogen and oxygen atoms in total. The van der Waals surface area contributed by atoms with E-state index in [1.54, 1.807) is 0 Å². The molecule has 3 unspecified atom stereocenters. The van der Waals surface area contributed by atoms with Gasteiger partial charge in [0.1, 0.15) is 0 Å². The van der Waals surface area contributed by atoms with Crippen molar-refractivity contribution in [2.45, 2.75) is 80.2 Å². The van der Waals surface area contributed by atoms with Gasteiger partial charge >= 0.3 is 0 Å². The Morgan fingerprint density at radius 1 is 1.08 bits per heavy atom. The molecule has 6 atom stereocenters. The zero-order valence-corrected chi connectivity index (χ0v) is 16.8. The Bertz CT molecular complexity index is 617. The Hall–Kier alpha value is -0.790. The first-order chi connectivity index (χ1) is 11.0. The lowest BCUT2D eigenvalue weighted by molar-refractivity contribution is -0.127. The van der Waals surface area contributed by atoms with Gasteiger partial charge in [0.2, 0.25) is 0 Å². The summed E-state index contributed by atoms with van der Waals surface area (Å²) in [5.74, 6) is 2.53. The lowest BCUT2D eigenvalue weighted by atomic mass is 9.45. The highest BCUT2D eigenvalue weighted by Gasteiger charge is 2.77. The summed E-state index contributed by atoms with van der Waals surface area (Å²) >= 11 is 0. The molecule has 0 amide bonds. The smallest absolute Gasteiger partial charge is 0.0948 e. The number of nitrogens with zero attached hydrogens (tertiary/aromatic N) is 2. The molecule has 0 N–H and O–H groups in total. The molecule has 2 heteroatoms. The highest BCUT2D eigenvalue weighted by Crippen LogP contribution is 2.84. The van der Waals surface area contributed by atoms with Crippen molar-refractivity contribution >= 4 is 0 Å². The van der Waals surface area contributed by atoms with Gasteiger partial charge < -0.3 is 4.57 Å². The molecular weight excluding hydrogens is 292 g/mol. The summed E-state index contributed by atoms with van der Waals surface area (Å²) in [4.78, 5) is 4.40. The van der Waals surface area contributed by atoms with Crippen molar-refractivity contribution in [2.24, 2.45) is 39.4 Å². The summed E-state index contributed by atoms with van der Waals surface area (Å²) in [7, 11) is 0. The Labute approximate surface area is 148 Å². The number of imidazole rings is 1. The van der Waals surface area contributed by atoms with Gasteiger partial charge in [-0.25, -0.2) is 4.98 Å². The second kappa shape index (κ2) is 4.68. The minimum atomic E-state index is 0.356. The van der Waals surface area contributed by atoms with Crippen LogP contribution in [0.25, 0.3) is 0 Å². The molecular formula is C22H36N2. The van der Waals surface area contributed by atoms with Crippen LogP contribution in [0.4, 0.5) is 0 Å². The summed E-state index contributed by atoms with van der Waals surface area (Å²) in [5.41, 5.74) is 1.74. The Kier molecular flexibility index (Phi) is 3.25. The van der Waals surface area contributed by atoms with Crippen molar-refractivity contribution in [3.8, 4) is 0 Å². The number of hydrogen-bond donors (Lipinski definition) is 0. The predicted molar refractivity (Wildman–Crippen MR) is 99.7 cm³/mol. The monoisotopic (exact) mass is 328 g/mol. The maximum atomic E-state index is 4.40. The maximum Gasteiger partial charge on any atom is 0.0948 e. The van der Waals surface area contributed by atoms with Gasteiger partial charge in [-0.05, 0) is 65.1 Å². The normalized spacial score (nSPS) is 45.0. The fourth-order valence-corrected chi connectivity index (χ4v) is 7.63. The van der Waals surface area contributed by atoms with Crippen molar-refractivity contribution in [2.75, 3.05) is 0 Å².